The lowest BCUT2D eigenvalue weighted by atomic mass is 9.91. The molecule has 2 rings (SSSR count). The first-order chi connectivity index (χ1) is 8.47. The normalized spacial score (nSPS) is 20.5. The third-order valence-electron chi connectivity index (χ3n) is 3.41. The average Bonchev–Trinajstić information content (AvgIpc) is 2.67. The highest BCUT2D eigenvalue weighted by Crippen LogP contribution is 2.24. The van der Waals surface area contributed by atoms with Crippen LogP contribution in [0.2, 0.25) is 5.22 Å². The minimum Gasteiger partial charge on any atom is -0.448 e. The Kier molecular flexibility index (Phi) is 4.33. The van der Waals surface area contributed by atoms with Crippen molar-refractivity contribution in [3.63, 3.8) is 0 Å². The Balaban J connectivity index is 1.83. The van der Waals surface area contributed by atoms with Crippen LogP contribution in [0.5, 0.6) is 0 Å². The van der Waals surface area contributed by atoms with Crippen molar-refractivity contribution in [2.24, 2.45) is 0 Å². The molecule has 0 radical (unpaired) electrons. The molecule has 5 heteroatoms. The summed E-state index contributed by atoms with van der Waals surface area (Å²) in [7, 11) is 3.99. The van der Waals surface area contributed by atoms with Crippen LogP contribution in [0, 0.1) is 0 Å². The monoisotopic (exact) mass is 272 g/mol. The molecule has 0 amide bonds. The minimum atomic E-state index is -0.541. The lowest BCUT2D eigenvalue weighted by Gasteiger charge is -2.39. The predicted octanol–water partition coefficient (Wildman–Crippen LogP) is 1.82. The van der Waals surface area contributed by atoms with Crippen molar-refractivity contribution in [2.45, 2.75) is 25.0 Å². The molecule has 0 bridgehead atoms. The van der Waals surface area contributed by atoms with E-state index in [0.29, 0.717) is 5.22 Å². The largest absolute Gasteiger partial charge is 0.448 e. The zero-order valence-electron chi connectivity index (χ0n) is 11.0. The van der Waals surface area contributed by atoms with E-state index in [-0.39, 0.29) is 0 Å². The molecule has 4 nitrogen and oxygen atoms in total. The van der Waals surface area contributed by atoms with Crippen LogP contribution in [-0.2, 0) is 6.54 Å². The maximum atomic E-state index is 10.4. The summed E-state index contributed by atoms with van der Waals surface area (Å²) in [6, 6.07) is 3.67. The molecule has 0 unspecified atom stereocenters. The third-order valence-corrected chi connectivity index (χ3v) is 3.61. The molecule has 2 heterocycles. The fourth-order valence-electron chi connectivity index (χ4n) is 2.53. The summed E-state index contributed by atoms with van der Waals surface area (Å²) < 4.78 is 5.36. The molecule has 102 valence electrons. The zero-order chi connectivity index (χ0) is 13.2. The maximum absolute atomic E-state index is 10.4. The number of furan rings is 1. The van der Waals surface area contributed by atoms with Crippen LogP contribution < -0.4 is 0 Å². The van der Waals surface area contributed by atoms with Gasteiger partial charge in [-0.2, -0.15) is 0 Å². The van der Waals surface area contributed by atoms with Crippen molar-refractivity contribution in [3.05, 3.63) is 23.1 Å². The second-order valence-corrected chi connectivity index (χ2v) is 5.82. The van der Waals surface area contributed by atoms with E-state index in [0.717, 1.165) is 44.8 Å². The van der Waals surface area contributed by atoms with E-state index in [1.54, 1.807) is 6.07 Å². The lowest BCUT2D eigenvalue weighted by molar-refractivity contribution is -0.0397. The number of aliphatic hydroxyl groups is 1. The number of hydrogen-bond acceptors (Lipinski definition) is 4. The highest BCUT2D eigenvalue weighted by Gasteiger charge is 2.32. The van der Waals surface area contributed by atoms with Gasteiger partial charge in [0.1, 0.15) is 5.76 Å². The Morgan fingerprint density at radius 3 is 2.56 bits per heavy atom. The zero-order valence-corrected chi connectivity index (χ0v) is 11.8. The van der Waals surface area contributed by atoms with E-state index in [4.69, 9.17) is 16.0 Å². The van der Waals surface area contributed by atoms with Gasteiger partial charge in [0.25, 0.3) is 0 Å². The predicted molar refractivity (Wildman–Crippen MR) is 71.7 cm³/mol. The number of piperidine rings is 1. The molecule has 1 N–H and O–H groups in total. The van der Waals surface area contributed by atoms with E-state index in [9.17, 15) is 5.11 Å². The van der Waals surface area contributed by atoms with E-state index < -0.39 is 5.60 Å². The van der Waals surface area contributed by atoms with Crippen LogP contribution in [0.15, 0.2) is 16.5 Å². The van der Waals surface area contributed by atoms with Gasteiger partial charge in [-0.25, -0.2) is 0 Å². The van der Waals surface area contributed by atoms with Crippen molar-refractivity contribution in [1.29, 1.82) is 0 Å². The van der Waals surface area contributed by atoms with Crippen molar-refractivity contribution in [1.82, 2.24) is 9.80 Å². The average molecular weight is 273 g/mol. The van der Waals surface area contributed by atoms with Gasteiger partial charge in [-0.15, -0.1) is 0 Å². The van der Waals surface area contributed by atoms with Gasteiger partial charge < -0.3 is 14.4 Å². The third kappa shape index (κ3) is 3.72. The van der Waals surface area contributed by atoms with E-state index in [2.05, 4.69) is 4.90 Å². The van der Waals surface area contributed by atoms with Gasteiger partial charge in [-0.05, 0) is 50.7 Å². The van der Waals surface area contributed by atoms with Crippen LogP contribution in [0.3, 0.4) is 0 Å². The Morgan fingerprint density at radius 2 is 2.06 bits per heavy atom. The molecule has 1 aromatic rings. The Hall–Kier alpha value is -0.550. The topological polar surface area (TPSA) is 39.9 Å². The molecule has 0 saturated carbocycles. The molecule has 1 fully saturated rings. The summed E-state index contributed by atoms with van der Waals surface area (Å²) in [5.41, 5.74) is -0.541. The summed E-state index contributed by atoms with van der Waals surface area (Å²) in [5, 5.41) is 10.9. The molecule has 1 saturated heterocycles. The quantitative estimate of drug-likeness (QED) is 0.908. The van der Waals surface area contributed by atoms with E-state index in [1.165, 1.54) is 0 Å². The van der Waals surface area contributed by atoms with Gasteiger partial charge in [-0.3, -0.25) is 4.90 Å². The summed E-state index contributed by atoms with van der Waals surface area (Å²) in [4.78, 5) is 4.33. The van der Waals surface area contributed by atoms with Crippen molar-refractivity contribution < 1.29 is 9.52 Å². The molecule has 18 heavy (non-hydrogen) atoms. The lowest BCUT2D eigenvalue weighted by Crippen LogP contribution is -2.49. The van der Waals surface area contributed by atoms with Gasteiger partial charge >= 0.3 is 0 Å². The summed E-state index contributed by atoms with van der Waals surface area (Å²) >= 11 is 5.75. The first kappa shape index (κ1) is 13.9. The summed E-state index contributed by atoms with van der Waals surface area (Å²) in [6.45, 7) is 3.28. The highest BCUT2D eigenvalue weighted by atomic mass is 35.5. The number of rotatable bonds is 4. The highest BCUT2D eigenvalue weighted by molar-refractivity contribution is 6.28. The molecular weight excluding hydrogens is 252 g/mol. The molecule has 1 aliphatic rings. The number of nitrogens with zero attached hydrogens (tertiary/aromatic N) is 2. The number of likely N-dealkylation sites (N-methyl/N-ethyl adjacent to an activating group) is 1. The van der Waals surface area contributed by atoms with E-state index in [1.807, 2.05) is 25.1 Å². The van der Waals surface area contributed by atoms with Crippen LogP contribution in [0.25, 0.3) is 0 Å². The number of hydrogen-bond donors (Lipinski definition) is 1. The van der Waals surface area contributed by atoms with Crippen molar-refractivity contribution in [2.75, 3.05) is 33.7 Å². The van der Waals surface area contributed by atoms with Crippen molar-refractivity contribution >= 4 is 11.6 Å². The SMILES string of the molecule is CN(C)CC1(O)CCN(Cc2ccc(Cl)o2)CC1. The summed E-state index contributed by atoms with van der Waals surface area (Å²) in [6.07, 6.45) is 1.61. The van der Waals surface area contributed by atoms with Crippen LogP contribution in [-0.4, -0.2) is 54.2 Å². The second-order valence-electron chi connectivity index (χ2n) is 5.44. The molecular formula is C13H21ClN2O2. The Labute approximate surface area is 113 Å². The smallest absolute Gasteiger partial charge is 0.193 e. The van der Waals surface area contributed by atoms with Gasteiger partial charge in [0.2, 0.25) is 0 Å². The van der Waals surface area contributed by atoms with Crippen LogP contribution in [0.4, 0.5) is 0 Å². The van der Waals surface area contributed by atoms with Crippen molar-refractivity contribution in [3.8, 4) is 0 Å². The molecule has 0 aromatic carbocycles. The Bertz CT molecular complexity index is 384. The fourth-order valence-corrected chi connectivity index (χ4v) is 2.69. The first-order valence-electron chi connectivity index (χ1n) is 6.31. The van der Waals surface area contributed by atoms with E-state index >= 15 is 0 Å². The molecule has 1 aliphatic heterocycles. The van der Waals surface area contributed by atoms with Crippen LogP contribution in [0.1, 0.15) is 18.6 Å². The van der Waals surface area contributed by atoms with Gasteiger partial charge in [0.05, 0.1) is 12.1 Å². The fraction of sp³-hybridized carbons (Fsp3) is 0.692. The number of likely N-dealkylation sites (tertiary alicyclic amines) is 1. The second kappa shape index (κ2) is 5.61. The van der Waals surface area contributed by atoms with Crippen LogP contribution >= 0.6 is 11.6 Å². The van der Waals surface area contributed by atoms with Gasteiger partial charge in [0.15, 0.2) is 5.22 Å². The molecule has 0 spiro atoms. The maximum Gasteiger partial charge on any atom is 0.193 e. The van der Waals surface area contributed by atoms with Gasteiger partial charge in [0, 0.05) is 19.6 Å². The number of halogens is 1. The Morgan fingerprint density at radius 1 is 1.39 bits per heavy atom. The standard InChI is InChI=1S/C13H21ClN2O2/c1-15(2)10-13(17)5-7-16(8-6-13)9-11-3-4-12(14)18-11/h3-4,17H,5-10H2,1-2H3. The molecule has 1 aromatic heterocycles. The first-order valence-corrected chi connectivity index (χ1v) is 6.68. The molecule has 0 aliphatic carbocycles. The molecule has 0 atom stereocenters. The van der Waals surface area contributed by atoms with Gasteiger partial charge in [-0.1, -0.05) is 0 Å². The summed E-state index contributed by atoms with van der Waals surface area (Å²) in [5.74, 6) is 0.887. The minimum absolute atomic E-state index is 0.436.